The van der Waals surface area contributed by atoms with Gasteiger partial charge >= 0.3 is 0 Å². The zero-order valence-electron chi connectivity index (χ0n) is 16.2. The molecule has 0 aliphatic carbocycles. The molecule has 1 saturated heterocycles. The average Bonchev–Trinajstić information content (AvgIpc) is 3.23. The fraction of sp³-hybridized carbons (Fsp3) is 0.364. The molecular weight excluding hydrogens is 370 g/mol. The third kappa shape index (κ3) is 4.21. The van der Waals surface area contributed by atoms with Gasteiger partial charge in [-0.1, -0.05) is 53.2 Å². The Balaban J connectivity index is 1.33. The molecule has 1 fully saturated rings. The lowest BCUT2D eigenvalue weighted by molar-refractivity contribution is 0.238. The first-order chi connectivity index (χ1) is 13.7. The summed E-state index contributed by atoms with van der Waals surface area (Å²) in [7, 11) is 0. The molecule has 0 bridgehead atoms. The molecule has 0 amide bonds. The van der Waals surface area contributed by atoms with E-state index in [9.17, 15) is 0 Å². The maximum absolute atomic E-state index is 6.37. The van der Waals surface area contributed by atoms with Crippen molar-refractivity contribution in [1.29, 1.82) is 0 Å². The second-order valence-electron chi connectivity index (χ2n) is 7.35. The quantitative estimate of drug-likeness (QED) is 0.621. The van der Waals surface area contributed by atoms with Crippen LogP contribution in [0.15, 0.2) is 60.8 Å². The zero-order chi connectivity index (χ0) is 19.3. The smallest absolute Gasteiger partial charge is 0.0903 e. The van der Waals surface area contributed by atoms with Crippen molar-refractivity contribution in [1.82, 2.24) is 19.9 Å². The van der Waals surface area contributed by atoms with Crippen molar-refractivity contribution in [2.45, 2.75) is 19.4 Å². The maximum Gasteiger partial charge on any atom is 0.0903 e. The first-order valence-electron chi connectivity index (χ1n) is 9.90. The first kappa shape index (κ1) is 19.0. The van der Waals surface area contributed by atoms with Gasteiger partial charge in [-0.25, -0.2) is 4.68 Å². The Kier molecular flexibility index (Phi) is 5.93. The van der Waals surface area contributed by atoms with Gasteiger partial charge in [-0.3, -0.25) is 4.90 Å². The second-order valence-corrected chi connectivity index (χ2v) is 7.75. The largest absolute Gasteiger partial charge is 0.369 e. The van der Waals surface area contributed by atoms with Crippen molar-refractivity contribution >= 4 is 17.3 Å². The molecule has 1 aliphatic rings. The Morgan fingerprint density at radius 1 is 0.964 bits per heavy atom. The van der Waals surface area contributed by atoms with E-state index in [-0.39, 0.29) is 6.04 Å². The van der Waals surface area contributed by atoms with Gasteiger partial charge in [-0.05, 0) is 31.5 Å². The van der Waals surface area contributed by atoms with Crippen molar-refractivity contribution in [3.8, 4) is 11.3 Å². The van der Waals surface area contributed by atoms with E-state index < -0.39 is 0 Å². The Labute approximate surface area is 171 Å². The van der Waals surface area contributed by atoms with Crippen molar-refractivity contribution in [3.63, 3.8) is 0 Å². The SMILES string of the molecule is CC(CCN1CCN(c2ccccc2)CC1)n1nncc1-c1ccccc1Cl. The summed E-state index contributed by atoms with van der Waals surface area (Å²) >= 11 is 6.37. The summed E-state index contributed by atoms with van der Waals surface area (Å²) in [5.41, 5.74) is 3.28. The molecule has 1 aliphatic heterocycles. The second kappa shape index (κ2) is 8.76. The van der Waals surface area contributed by atoms with Gasteiger partial charge in [0.25, 0.3) is 0 Å². The van der Waals surface area contributed by atoms with Gasteiger partial charge in [0.1, 0.15) is 0 Å². The maximum atomic E-state index is 6.37. The topological polar surface area (TPSA) is 37.2 Å². The van der Waals surface area contributed by atoms with E-state index in [1.54, 1.807) is 6.20 Å². The number of halogens is 1. The van der Waals surface area contributed by atoms with Crippen LogP contribution in [0.25, 0.3) is 11.3 Å². The normalized spacial score (nSPS) is 16.3. The van der Waals surface area contributed by atoms with Crippen LogP contribution >= 0.6 is 11.6 Å². The van der Waals surface area contributed by atoms with Crippen LogP contribution in [-0.2, 0) is 0 Å². The molecule has 28 heavy (non-hydrogen) atoms. The van der Waals surface area contributed by atoms with Gasteiger partial charge in [-0.15, -0.1) is 5.10 Å². The minimum atomic E-state index is 0.265. The summed E-state index contributed by atoms with van der Waals surface area (Å²) in [5, 5.41) is 9.20. The van der Waals surface area contributed by atoms with E-state index in [4.69, 9.17) is 11.6 Å². The molecule has 0 saturated carbocycles. The molecule has 1 unspecified atom stereocenters. The van der Waals surface area contributed by atoms with Crippen molar-refractivity contribution in [3.05, 3.63) is 65.8 Å². The predicted molar refractivity (Wildman–Crippen MR) is 115 cm³/mol. The Bertz CT molecular complexity index is 887. The molecule has 1 aromatic heterocycles. The van der Waals surface area contributed by atoms with Crippen LogP contribution in [0.1, 0.15) is 19.4 Å². The fourth-order valence-electron chi connectivity index (χ4n) is 3.79. The molecule has 3 aromatic rings. The lowest BCUT2D eigenvalue weighted by atomic mass is 10.1. The number of rotatable bonds is 6. The van der Waals surface area contributed by atoms with Gasteiger partial charge < -0.3 is 4.90 Å². The third-order valence-electron chi connectivity index (χ3n) is 5.50. The number of hydrogen-bond donors (Lipinski definition) is 0. The number of nitrogens with zero attached hydrogens (tertiary/aromatic N) is 5. The minimum Gasteiger partial charge on any atom is -0.369 e. The third-order valence-corrected chi connectivity index (χ3v) is 5.83. The van der Waals surface area contributed by atoms with Crippen LogP contribution in [0.2, 0.25) is 5.02 Å². The summed E-state index contributed by atoms with van der Waals surface area (Å²) in [5.74, 6) is 0. The van der Waals surface area contributed by atoms with E-state index >= 15 is 0 Å². The zero-order valence-corrected chi connectivity index (χ0v) is 17.0. The van der Waals surface area contributed by atoms with E-state index in [1.165, 1.54) is 5.69 Å². The van der Waals surface area contributed by atoms with Crippen LogP contribution in [0.4, 0.5) is 5.69 Å². The minimum absolute atomic E-state index is 0.265. The molecule has 0 spiro atoms. The van der Waals surface area contributed by atoms with Gasteiger partial charge in [0.2, 0.25) is 0 Å². The standard InChI is InChI=1S/C22H26ClN5/c1-18(28-22(17-24-25-28)20-9-5-6-10-21(20)23)11-12-26-13-15-27(16-14-26)19-7-3-2-4-8-19/h2-10,17-18H,11-16H2,1H3. The molecule has 0 N–H and O–H groups in total. The Hall–Kier alpha value is -2.37. The first-order valence-corrected chi connectivity index (χ1v) is 10.3. The number of benzene rings is 2. The molecule has 6 heteroatoms. The highest BCUT2D eigenvalue weighted by Gasteiger charge is 2.19. The predicted octanol–water partition coefficient (Wildman–Crippen LogP) is 4.37. The number of para-hydroxylation sites is 1. The van der Waals surface area contributed by atoms with Gasteiger partial charge in [0.05, 0.1) is 23.0 Å². The number of aromatic nitrogens is 3. The molecular formula is C22H26ClN5. The molecule has 146 valence electrons. The summed E-state index contributed by atoms with van der Waals surface area (Å²) in [6.45, 7) is 7.60. The van der Waals surface area contributed by atoms with E-state index in [0.717, 1.165) is 55.4 Å². The highest BCUT2D eigenvalue weighted by molar-refractivity contribution is 6.33. The molecule has 4 rings (SSSR count). The van der Waals surface area contributed by atoms with Gasteiger partial charge in [-0.2, -0.15) is 0 Å². The lowest BCUT2D eigenvalue weighted by Crippen LogP contribution is -2.46. The van der Waals surface area contributed by atoms with E-state index in [2.05, 4.69) is 57.4 Å². The van der Waals surface area contributed by atoms with E-state index in [0.29, 0.717) is 0 Å². The monoisotopic (exact) mass is 395 g/mol. The van der Waals surface area contributed by atoms with Crippen LogP contribution in [0.5, 0.6) is 0 Å². The number of hydrogen-bond acceptors (Lipinski definition) is 4. The fourth-order valence-corrected chi connectivity index (χ4v) is 4.02. The van der Waals surface area contributed by atoms with Crippen LogP contribution in [0.3, 0.4) is 0 Å². The number of piperazine rings is 1. The summed E-state index contributed by atoms with van der Waals surface area (Å²) in [6, 6.07) is 18.8. The van der Waals surface area contributed by atoms with Gasteiger partial charge in [0.15, 0.2) is 0 Å². The van der Waals surface area contributed by atoms with Crippen molar-refractivity contribution < 1.29 is 0 Å². The van der Waals surface area contributed by atoms with Crippen LogP contribution < -0.4 is 4.90 Å². The average molecular weight is 396 g/mol. The lowest BCUT2D eigenvalue weighted by Gasteiger charge is -2.36. The highest BCUT2D eigenvalue weighted by Crippen LogP contribution is 2.29. The van der Waals surface area contributed by atoms with Gasteiger partial charge in [0, 0.05) is 44.0 Å². The molecule has 2 heterocycles. The van der Waals surface area contributed by atoms with Crippen molar-refractivity contribution in [2.24, 2.45) is 0 Å². The molecule has 2 aromatic carbocycles. The summed E-state index contributed by atoms with van der Waals surface area (Å²) in [6.07, 6.45) is 2.84. The van der Waals surface area contributed by atoms with Crippen LogP contribution in [0, 0.1) is 0 Å². The van der Waals surface area contributed by atoms with E-state index in [1.807, 2.05) is 28.9 Å². The highest BCUT2D eigenvalue weighted by atomic mass is 35.5. The number of anilines is 1. The molecule has 5 nitrogen and oxygen atoms in total. The molecule has 0 radical (unpaired) electrons. The molecule has 1 atom stereocenters. The Morgan fingerprint density at radius 3 is 2.43 bits per heavy atom. The van der Waals surface area contributed by atoms with Crippen molar-refractivity contribution in [2.75, 3.05) is 37.6 Å². The summed E-state index contributed by atoms with van der Waals surface area (Å²) < 4.78 is 2.00. The summed E-state index contributed by atoms with van der Waals surface area (Å²) in [4.78, 5) is 5.01. The van der Waals surface area contributed by atoms with Crippen LogP contribution in [-0.4, -0.2) is 52.6 Å². The Morgan fingerprint density at radius 2 is 1.68 bits per heavy atom.